The minimum atomic E-state index is -0.103. The Balaban J connectivity index is 1.49. The van der Waals surface area contributed by atoms with Crippen molar-refractivity contribution in [1.82, 2.24) is 29.7 Å². The van der Waals surface area contributed by atoms with Gasteiger partial charge in [-0.15, -0.1) is 0 Å². The second-order valence-electron chi connectivity index (χ2n) is 6.89. The molecule has 28 heavy (non-hydrogen) atoms. The number of benzene rings is 1. The van der Waals surface area contributed by atoms with E-state index < -0.39 is 0 Å². The zero-order valence-electron chi connectivity index (χ0n) is 15.1. The number of halogens is 1. The number of carbonyl (C=O) groups excluding carboxylic acids is 1. The zero-order chi connectivity index (χ0) is 19.3. The Labute approximate surface area is 166 Å². The third-order valence-electron chi connectivity index (χ3n) is 5.30. The molecule has 1 aliphatic heterocycles. The average molecular weight is 393 g/mol. The number of fused-ring (bicyclic) bond motifs is 2. The molecule has 4 aromatic rings. The Morgan fingerprint density at radius 3 is 3.04 bits per heavy atom. The van der Waals surface area contributed by atoms with Gasteiger partial charge in [-0.2, -0.15) is 10.2 Å². The van der Waals surface area contributed by atoms with Gasteiger partial charge in [-0.1, -0.05) is 29.8 Å². The van der Waals surface area contributed by atoms with Crippen molar-refractivity contribution in [1.29, 1.82) is 0 Å². The fourth-order valence-corrected chi connectivity index (χ4v) is 4.06. The van der Waals surface area contributed by atoms with Gasteiger partial charge in [-0.25, -0.2) is 9.50 Å². The van der Waals surface area contributed by atoms with Crippen molar-refractivity contribution in [2.45, 2.75) is 19.4 Å². The Morgan fingerprint density at radius 1 is 1.32 bits per heavy atom. The van der Waals surface area contributed by atoms with Crippen molar-refractivity contribution >= 4 is 23.2 Å². The van der Waals surface area contributed by atoms with E-state index in [0.717, 1.165) is 23.1 Å². The monoisotopic (exact) mass is 392 g/mol. The highest BCUT2D eigenvalue weighted by Gasteiger charge is 2.31. The molecule has 0 saturated heterocycles. The average Bonchev–Trinajstić information content (AvgIpc) is 3.37. The molecule has 4 heterocycles. The van der Waals surface area contributed by atoms with Crippen molar-refractivity contribution in [2.24, 2.45) is 0 Å². The predicted molar refractivity (Wildman–Crippen MR) is 105 cm³/mol. The Kier molecular flexibility index (Phi) is 3.91. The first-order valence-electron chi connectivity index (χ1n) is 9.04. The summed E-state index contributed by atoms with van der Waals surface area (Å²) in [6.07, 6.45) is 7.69. The van der Waals surface area contributed by atoms with Gasteiger partial charge in [0, 0.05) is 30.6 Å². The number of hydrogen-bond donors (Lipinski definition) is 1. The van der Waals surface area contributed by atoms with Crippen LogP contribution in [0.5, 0.6) is 0 Å². The molecule has 1 atom stereocenters. The van der Waals surface area contributed by atoms with E-state index in [9.17, 15) is 4.79 Å². The summed E-state index contributed by atoms with van der Waals surface area (Å²) in [6.45, 7) is 2.68. The SMILES string of the molecule is CC1c2cccc(-c3cn[nH]c3)c2CCN1C(=O)c1cc2ncc(Cl)cn2n1. The van der Waals surface area contributed by atoms with Gasteiger partial charge in [0.05, 0.1) is 23.5 Å². The Bertz CT molecular complexity index is 1180. The Hall–Kier alpha value is -3.19. The maximum absolute atomic E-state index is 13.2. The number of amides is 1. The highest BCUT2D eigenvalue weighted by atomic mass is 35.5. The molecule has 1 aromatic carbocycles. The topological polar surface area (TPSA) is 79.2 Å². The van der Waals surface area contributed by atoms with Crippen molar-refractivity contribution in [3.8, 4) is 11.1 Å². The summed E-state index contributed by atoms with van der Waals surface area (Å²) in [5, 5.41) is 11.8. The van der Waals surface area contributed by atoms with Crippen molar-refractivity contribution in [3.63, 3.8) is 0 Å². The fourth-order valence-electron chi connectivity index (χ4n) is 3.92. The molecular formula is C20H17ClN6O. The molecule has 0 fully saturated rings. The van der Waals surface area contributed by atoms with E-state index in [-0.39, 0.29) is 11.9 Å². The molecule has 0 radical (unpaired) electrons. The number of carbonyl (C=O) groups is 1. The molecular weight excluding hydrogens is 376 g/mol. The molecule has 0 bridgehead atoms. The summed E-state index contributed by atoms with van der Waals surface area (Å²) >= 11 is 5.97. The van der Waals surface area contributed by atoms with Gasteiger partial charge in [0.15, 0.2) is 11.3 Å². The van der Waals surface area contributed by atoms with E-state index in [1.165, 1.54) is 10.1 Å². The van der Waals surface area contributed by atoms with Crippen molar-refractivity contribution in [3.05, 3.63) is 70.9 Å². The fraction of sp³-hybridized carbons (Fsp3) is 0.200. The molecule has 140 valence electrons. The second kappa shape index (κ2) is 6.45. The molecule has 1 N–H and O–H groups in total. The normalized spacial score (nSPS) is 16.4. The van der Waals surface area contributed by atoms with Crippen molar-refractivity contribution in [2.75, 3.05) is 6.54 Å². The van der Waals surface area contributed by atoms with Gasteiger partial charge in [0.1, 0.15) is 0 Å². The molecule has 5 rings (SSSR count). The second-order valence-corrected chi connectivity index (χ2v) is 7.33. The van der Waals surface area contributed by atoms with E-state index in [4.69, 9.17) is 11.6 Å². The van der Waals surface area contributed by atoms with E-state index in [0.29, 0.717) is 22.9 Å². The largest absolute Gasteiger partial charge is 0.330 e. The van der Waals surface area contributed by atoms with Crippen LogP contribution in [-0.2, 0) is 6.42 Å². The molecule has 8 heteroatoms. The molecule has 3 aromatic heterocycles. The molecule has 1 aliphatic rings. The van der Waals surface area contributed by atoms with Gasteiger partial charge in [0.25, 0.3) is 5.91 Å². The van der Waals surface area contributed by atoms with Crippen LogP contribution in [-0.4, -0.2) is 42.1 Å². The quantitative estimate of drug-likeness (QED) is 0.566. The maximum atomic E-state index is 13.2. The van der Waals surface area contributed by atoms with Crippen LogP contribution in [0.2, 0.25) is 5.02 Å². The molecule has 7 nitrogen and oxygen atoms in total. The van der Waals surface area contributed by atoms with Crippen LogP contribution < -0.4 is 0 Å². The molecule has 0 aliphatic carbocycles. The van der Waals surface area contributed by atoms with E-state index in [2.05, 4.69) is 39.3 Å². The molecule has 1 amide bonds. The molecule has 0 spiro atoms. The van der Waals surface area contributed by atoms with E-state index >= 15 is 0 Å². The lowest BCUT2D eigenvalue weighted by Crippen LogP contribution is -2.39. The third-order valence-corrected chi connectivity index (χ3v) is 5.50. The van der Waals surface area contributed by atoms with Crippen LogP contribution in [0.3, 0.4) is 0 Å². The van der Waals surface area contributed by atoms with Gasteiger partial charge in [0.2, 0.25) is 0 Å². The smallest absolute Gasteiger partial charge is 0.274 e. The van der Waals surface area contributed by atoms with E-state index in [1.807, 2.05) is 23.4 Å². The zero-order valence-corrected chi connectivity index (χ0v) is 15.9. The van der Waals surface area contributed by atoms with Crippen LogP contribution in [0.4, 0.5) is 0 Å². The maximum Gasteiger partial charge on any atom is 0.274 e. The number of rotatable bonds is 2. The highest BCUT2D eigenvalue weighted by molar-refractivity contribution is 6.30. The van der Waals surface area contributed by atoms with Gasteiger partial charge in [-0.05, 0) is 30.0 Å². The summed E-state index contributed by atoms with van der Waals surface area (Å²) < 4.78 is 1.54. The number of nitrogens with zero attached hydrogens (tertiary/aromatic N) is 5. The summed E-state index contributed by atoms with van der Waals surface area (Å²) in [7, 11) is 0. The third kappa shape index (κ3) is 2.66. The number of H-pyrrole nitrogens is 1. The first-order chi connectivity index (χ1) is 13.6. The molecule has 0 saturated carbocycles. The van der Waals surface area contributed by atoms with Crippen LogP contribution in [0, 0.1) is 0 Å². The minimum absolute atomic E-state index is 0.0514. The lowest BCUT2D eigenvalue weighted by Gasteiger charge is -2.35. The molecule has 1 unspecified atom stereocenters. The number of nitrogens with one attached hydrogen (secondary N) is 1. The first kappa shape index (κ1) is 16.9. The summed E-state index contributed by atoms with van der Waals surface area (Å²) in [5.41, 5.74) is 5.62. The standard InChI is InChI=1S/C20H17ClN6O/c1-12-15-3-2-4-16(13-8-23-24-9-13)17(15)5-6-26(12)20(28)18-7-19-22-10-14(21)11-27(19)25-18/h2-4,7-12H,5-6H2,1H3,(H,23,24). The van der Waals surface area contributed by atoms with Crippen LogP contribution in [0.15, 0.2) is 49.1 Å². The summed E-state index contributed by atoms with van der Waals surface area (Å²) in [5.74, 6) is -0.103. The van der Waals surface area contributed by atoms with Crippen molar-refractivity contribution < 1.29 is 4.79 Å². The van der Waals surface area contributed by atoms with Gasteiger partial charge in [-0.3, -0.25) is 9.89 Å². The van der Waals surface area contributed by atoms with Gasteiger partial charge >= 0.3 is 0 Å². The Morgan fingerprint density at radius 2 is 2.21 bits per heavy atom. The van der Waals surface area contributed by atoms with E-state index in [1.54, 1.807) is 18.5 Å². The summed E-state index contributed by atoms with van der Waals surface area (Å²) in [4.78, 5) is 19.2. The number of aromatic amines is 1. The van der Waals surface area contributed by atoms with Gasteiger partial charge < -0.3 is 4.90 Å². The lowest BCUT2D eigenvalue weighted by molar-refractivity contribution is 0.0671. The predicted octanol–water partition coefficient (Wildman–Crippen LogP) is 3.53. The number of aromatic nitrogens is 5. The van der Waals surface area contributed by atoms with Crippen LogP contribution in [0.25, 0.3) is 16.8 Å². The minimum Gasteiger partial charge on any atom is -0.330 e. The van der Waals surface area contributed by atoms with Crippen LogP contribution in [0.1, 0.15) is 34.6 Å². The highest BCUT2D eigenvalue weighted by Crippen LogP contribution is 2.36. The number of hydrogen-bond acceptors (Lipinski definition) is 4. The lowest BCUT2D eigenvalue weighted by atomic mass is 9.88. The summed E-state index contributed by atoms with van der Waals surface area (Å²) in [6, 6.07) is 7.87. The van der Waals surface area contributed by atoms with Crippen LogP contribution >= 0.6 is 11.6 Å². The first-order valence-corrected chi connectivity index (χ1v) is 9.42.